The van der Waals surface area contributed by atoms with Gasteiger partial charge in [0.15, 0.2) is 5.60 Å². The fourth-order valence-corrected chi connectivity index (χ4v) is 8.06. The average Bonchev–Trinajstić information content (AvgIpc) is 3.38. The molecule has 0 aliphatic carbocycles. The number of aliphatic hydroxyl groups is 1. The largest absolute Gasteiger partial charge is 0.396 e. The zero-order valence-electron chi connectivity index (χ0n) is 18.9. The zero-order valence-corrected chi connectivity index (χ0v) is 19.9. The minimum absolute atomic E-state index is 0.0108. The van der Waals surface area contributed by atoms with Gasteiger partial charge in [0, 0.05) is 49.3 Å². The van der Waals surface area contributed by atoms with Crippen molar-refractivity contribution >= 4 is 20.0 Å². The summed E-state index contributed by atoms with van der Waals surface area (Å²) in [5, 5.41) is 17.3. The second kappa shape index (κ2) is 8.53. The number of hydrogen-bond donors (Lipinski definition) is 1. The molecule has 0 bridgehead atoms. The van der Waals surface area contributed by atoms with E-state index in [9.17, 15) is 4.79 Å². The molecule has 4 rings (SSSR count). The van der Waals surface area contributed by atoms with E-state index >= 15 is 4.11 Å². The molecule has 9 heteroatoms. The second-order valence-corrected chi connectivity index (χ2v) is 13.0. The molecular weight excluding hydrogens is 427 g/mol. The molecule has 2 aliphatic heterocycles. The van der Waals surface area contributed by atoms with E-state index in [1.54, 1.807) is 34.9 Å². The van der Waals surface area contributed by atoms with E-state index in [0.717, 1.165) is 11.3 Å². The lowest BCUT2D eigenvalue weighted by atomic mass is 9.82. The van der Waals surface area contributed by atoms with Gasteiger partial charge in [-0.3, -0.25) is 9.48 Å². The van der Waals surface area contributed by atoms with Crippen molar-refractivity contribution < 1.29 is 18.7 Å². The number of carbonyl (C=O) groups excluding carboxylic acids is 1. The summed E-state index contributed by atoms with van der Waals surface area (Å²) in [5.74, 6) is -0.439. The van der Waals surface area contributed by atoms with Gasteiger partial charge in [0.1, 0.15) is 0 Å². The number of benzene rings is 1. The van der Waals surface area contributed by atoms with E-state index in [1.165, 1.54) is 0 Å². The van der Waals surface area contributed by atoms with E-state index in [1.807, 2.05) is 31.2 Å². The average molecular weight is 459 g/mol. The molecule has 32 heavy (non-hydrogen) atoms. The number of rotatable bonds is 8. The summed E-state index contributed by atoms with van der Waals surface area (Å²) < 4.78 is 24.0. The molecule has 7 nitrogen and oxygen atoms in total. The van der Waals surface area contributed by atoms with Crippen LogP contribution in [-0.4, -0.2) is 53.7 Å². The number of amides is 1. The molecule has 1 spiro atoms. The van der Waals surface area contributed by atoms with Gasteiger partial charge in [-0.05, 0) is 25.6 Å². The number of anilines is 1. The molecule has 1 aromatic heterocycles. The topological polar surface area (TPSA) is 80.5 Å². The number of fused-ring (bicyclic) bond motifs is 2. The second-order valence-electron chi connectivity index (χ2n) is 9.23. The van der Waals surface area contributed by atoms with Crippen molar-refractivity contribution in [2.24, 2.45) is 5.92 Å². The molecular formula is C23H31FN4O3Si. The lowest BCUT2D eigenvalue weighted by Crippen LogP contribution is -2.45. The number of nitrogens with zero attached hydrogens (tertiary/aromatic N) is 4. The number of aryl methyl sites for hydroxylation is 1. The van der Waals surface area contributed by atoms with Crippen LogP contribution in [0.2, 0.25) is 18.6 Å². The van der Waals surface area contributed by atoms with Gasteiger partial charge in [-0.15, -0.1) is 11.7 Å². The van der Waals surface area contributed by atoms with Gasteiger partial charge in [-0.2, -0.15) is 0 Å². The zero-order chi connectivity index (χ0) is 23.1. The first-order chi connectivity index (χ1) is 15.2. The van der Waals surface area contributed by atoms with E-state index in [0.29, 0.717) is 31.6 Å². The molecule has 3 heterocycles. The summed E-state index contributed by atoms with van der Waals surface area (Å²) in [7, 11) is -3.18. The van der Waals surface area contributed by atoms with E-state index < -0.39 is 20.1 Å². The normalized spacial score (nSPS) is 27.3. The summed E-state index contributed by atoms with van der Waals surface area (Å²) in [4.78, 5) is 15.4. The first kappa shape index (κ1) is 22.8. The van der Waals surface area contributed by atoms with E-state index in [4.69, 9.17) is 9.84 Å². The van der Waals surface area contributed by atoms with Gasteiger partial charge < -0.3 is 18.9 Å². The van der Waals surface area contributed by atoms with Gasteiger partial charge in [-0.25, -0.2) is 0 Å². The molecule has 1 aromatic carbocycles. The van der Waals surface area contributed by atoms with Gasteiger partial charge >= 0.3 is 0 Å². The van der Waals surface area contributed by atoms with Gasteiger partial charge in [0.25, 0.3) is 5.91 Å². The fourth-order valence-electron chi connectivity index (χ4n) is 5.52. The van der Waals surface area contributed by atoms with Crippen molar-refractivity contribution in [3.63, 3.8) is 0 Å². The maximum Gasteiger partial charge on any atom is 0.264 e. The molecule has 1 saturated heterocycles. The number of para-hydroxylation sites is 1. The van der Waals surface area contributed by atoms with Crippen LogP contribution in [0.5, 0.6) is 0 Å². The van der Waals surface area contributed by atoms with Crippen LogP contribution in [0.25, 0.3) is 0 Å². The van der Waals surface area contributed by atoms with Crippen LogP contribution in [0.15, 0.2) is 43.1 Å². The van der Waals surface area contributed by atoms with Crippen LogP contribution < -0.4 is 4.90 Å². The number of aliphatic hydroxyl groups excluding tert-OH is 1. The molecule has 2 aliphatic rings. The van der Waals surface area contributed by atoms with Crippen LogP contribution >= 0.6 is 0 Å². The number of carbonyl (C=O) groups is 1. The minimum Gasteiger partial charge on any atom is -0.396 e. The minimum atomic E-state index is -3.18. The quantitative estimate of drug-likeness (QED) is 0.373. The molecule has 1 fully saturated rings. The first-order valence-electron chi connectivity index (χ1n) is 11.1. The standard InChI is InChI=1S/C23H31FN4O3Si/c1-5-12-28-19-9-7-6-8-18(19)23(22(28)30)16(2)21(32(3,4)24)20(31-23)10-13-27-15-17(11-14-29)25-26-27/h5-9,15-16,20-21,29H,1,10-14H2,2-4H3/t16-,20+,21-,23+/m1/s1. The Bertz CT molecular complexity index is 1010. The monoisotopic (exact) mass is 458 g/mol. The maximum atomic E-state index is 15.7. The third-order valence-electron chi connectivity index (χ3n) is 6.78. The molecule has 1 N–H and O–H groups in total. The highest BCUT2D eigenvalue weighted by atomic mass is 28.4. The number of hydrogen-bond acceptors (Lipinski definition) is 5. The highest BCUT2D eigenvalue weighted by Crippen LogP contribution is 2.60. The summed E-state index contributed by atoms with van der Waals surface area (Å²) in [6.07, 6.45) is 4.04. The van der Waals surface area contributed by atoms with Gasteiger partial charge in [0.2, 0.25) is 8.41 Å². The van der Waals surface area contributed by atoms with Crippen molar-refractivity contribution in [2.75, 3.05) is 18.1 Å². The predicted octanol–water partition coefficient (Wildman–Crippen LogP) is 3.21. The maximum absolute atomic E-state index is 15.7. The molecule has 0 saturated carbocycles. The van der Waals surface area contributed by atoms with Gasteiger partial charge in [-0.1, -0.05) is 36.4 Å². The fraction of sp³-hybridized carbons (Fsp3) is 0.522. The summed E-state index contributed by atoms with van der Waals surface area (Å²) in [6.45, 7) is 10.0. The molecule has 4 atom stereocenters. The van der Waals surface area contributed by atoms with Crippen LogP contribution in [0, 0.1) is 5.92 Å². The lowest BCUT2D eigenvalue weighted by molar-refractivity contribution is -0.145. The van der Waals surface area contributed by atoms with Crippen LogP contribution in [0.3, 0.4) is 0 Å². The Morgan fingerprint density at radius 2 is 2.12 bits per heavy atom. The Morgan fingerprint density at radius 1 is 1.38 bits per heavy atom. The summed E-state index contributed by atoms with van der Waals surface area (Å²) in [6, 6.07) is 7.65. The first-order valence-corrected chi connectivity index (χ1v) is 14.1. The van der Waals surface area contributed by atoms with Crippen molar-refractivity contribution in [2.45, 2.75) is 56.7 Å². The Morgan fingerprint density at radius 3 is 2.81 bits per heavy atom. The Labute approximate surface area is 189 Å². The van der Waals surface area contributed by atoms with Crippen LogP contribution in [-0.2, 0) is 28.1 Å². The number of aromatic nitrogens is 3. The molecule has 0 radical (unpaired) electrons. The van der Waals surface area contributed by atoms with E-state index in [2.05, 4.69) is 16.9 Å². The Balaban J connectivity index is 1.67. The third-order valence-corrected chi connectivity index (χ3v) is 9.23. The van der Waals surface area contributed by atoms with Crippen molar-refractivity contribution in [1.29, 1.82) is 0 Å². The van der Waals surface area contributed by atoms with Crippen molar-refractivity contribution in [3.05, 3.63) is 54.4 Å². The van der Waals surface area contributed by atoms with E-state index in [-0.39, 0.29) is 24.0 Å². The Kier molecular flexibility index (Phi) is 6.08. The Hall–Kier alpha value is -2.36. The number of halogens is 1. The predicted molar refractivity (Wildman–Crippen MR) is 122 cm³/mol. The third kappa shape index (κ3) is 3.62. The molecule has 172 valence electrons. The lowest BCUT2D eigenvalue weighted by Gasteiger charge is -2.31. The summed E-state index contributed by atoms with van der Waals surface area (Å²) in [5.41, 5.74) is 0.809. The SMILES string of the molecule is C=CCN1C(=O)[C@@]2(O[C@@H](CCn3cc(CCO)nn3)[C@H]([Si](C)(C)F)[C@H]2C)c2ccccc21. The van der Waals surface area contributed by atoms with Crippen LogP contribution in [0.4, 0.5) is 9.80 Å². The molecule has 2 aromatic rings. The molecule has 0 unspecified atom stereocenters. The van der Waals surface area contributed by atoms with Gasteiger partial charge in [0.05, 0.1) is 17.5 Å². The van der Waals surface area contributed by atoms with Crippen molar-refractivity contribution in [1.82, 2.24) is 15.0 Å². The van der Waals surface area contributed by atoms with Crippen LogP contribution in [0.1, 0.15) is 24.6 Å². The number of ether oxygens (including phenoxy) is 1. The highest BCUT2D eigenvalue weighted by molar-refractivity contribution is 6.72. The highest BCUT2D eigenvalue weighted by Gasteiger charge is 2.66. The summed E-state index contributed by atoms with van der Waals surface area (Å²) >= 11 is 0. The smallest absolute Gasteiger partial charge is 0.264 e. The van der Waals surface area contributed by atoms with Crippen molar-refractivity contribution in [3.8, 4) is 0 Å². The molecule has 1 amide bonds.